The van der Waals surface area contributed by atoms with Crippen LogP contribution in [0.4, 0.5) is 0 Å². The molecule has 0 aromatic carbocycles. The first-order chi connectivity index (χ1) is 15.4. The third kappa shape index (κ3) is 10.8. The molecule has 0 aliphatic carbocycles. The predicted octanol–water partition coefficient (Wildman–Crippen LogP) is -1.04. The molecular weight excluding hydrogens is 438 g/mol. The normalized spacial score (nSPS) is 13.6. The SMILES string of the molecule is C=CC(=O)N1CN(C(=O)C=C)CN(C(=O)CCSCC(=O)NCCOCCOCCN)C1. The fourth-order valence-electron chi connectivity index (χ4n) is 2.65. The van der Waals surface area contributed by atoms with Gasteiger partial charge in [-0.05, 0) is 12.2 Å². The van der Waals surface area contributed by atoms with Gasteiger partial charge in [0.1, 0.15) is 0 Å². The summed E-state index contributed by atoms with van der Waals surface area (Å²) in [5.41, 5.74) is 5.30. The van der Waals surface area contributed by atoms with Crippen LogP contribution in [0.25, 0.3) is 0 Å². The second-order valence-corrected chi connectivity index (χ2v) is 7.79. The first-order valence-corrected chi connectivity index (χ1v) is 11.4. The van der Waals surface area contributed by atoms with Crippen molar-refractivity contribution in [3.05, 3.63) is 25.3 Å². The molecule has 1 rings (SSSR count). The van der Waals surface area contributed by atoms with Crippen LogP contribution in [0.5, 0.6) is 0 Å². The number of nitrogens with zero attached hydrogens (tertiary/aromatic N) is 3. The van der Waals surface area contributed by atoms with Gasteiger partial charge in [-0.25, -0.2) is 0 Å². The van der Waals surface area contributed by atoms with E-state index in [4.69, 9.17) is 15.2 Å². The van der Waals surface area contributed by atoms with Crippen molar-refractivity contribution in [2.45, 2.75) is 6.42 Å². The van der Waals surface area contributed by atoms with Gasteiger partial charge in [0.15, 0.2) is 0 Å². The second-order valence-electron chi connectivity index (χ2n) is 6.69. The Kier molecular flexibility index (Phi) is 14.0. The molecule has 1 saturated heterocycles. The minimum absolute atomic E-state index is 0.0683. The highest BCUT2D eigenvalue weighted by atomic mass is 32.2. The molecule has 1 aliphatic rings. The highest BCUT2D eigenvalue weighted by Gasteiger charge is 2.29. The molecule has 1 heterocycles. The Balaban J connectivity index is 2.26. The fraction of sp³-hybridized carbons (Fsp3) is 0.600. The third-order valence-corrected chi connectivity index (χ3v) is 5.20. The number of hydrogen-bond acceptors (Lipinski definition) is 8. The molecule has 0 atom stereocenters. The third-order valence-electron chi connectivity index (χ3n) is 4.25. The van der Waals surface area contributed by atoms with Crippen molar-refractivity contribution in [3.63, 3.8) is 0 Å². The van der Waals surface area contributed by atoms with E-state index in [0.717, 1.165) is 12.2 Å². The molecule has 1 fully saturated rings. The summed E-state index contributed by atoms with van der Waals surface area (Å²) in [5, 5.41) is 2.74. The number of thioether (sulfide) groups is 1. The number of carbonyl (C=O) groups excluding carboxylic acids is 4. The number of ether oxygens (including phenoxy) is 2. The number of amides is 4. The van der Waals surface area contributed by atoms with Crippen LogP contribution in [0, 0.1) is 0 Å². The molecule has 0 saturated carbocycles. The molecule has 1 aliphatic heterocycles. The number of carbonyl (C=O) groups is 4. The summed E-state index contributed by atoms with van der Waals surface area (Å²) in [7, 11) is 0. The van der Waals surface area contributed by atoms with Crippen molar-refractivity contribution in [1.82, 2.24) is 20.0 Å². The highest BCUT2D eigenvalue weighted by molar-refractivity contribution is 7.99. The molecule has 0 bridgehead atoms. The van der Waals surface area contributed by atoms with Gasteiger partial charge in [-0.1, -0.05) is 13.2 Å². The van der Waals surface area contributed by atoms with Gasteiger partial charge in [0.25, 0.3) is 0 Å². The topological polar surface area (TPSA) is 135 Å². The lowest BCUT2D eigenvalue weighted by Gasteiger charge is -2.41. The Morgan fingerprint density at radius 2 is 1.47 bits per heavy atom. The molecule has 4 amide bonds. The summed E-state index contributed by atoms with van der Waals surface area (Å²) in [6.45, 7) is 9.75. The zero-order valence-electron chi connectivity index (χ0n) is 18.3. The van der Waals surface area contributed by atoms with Gasteiger partial charge in [0.05, 0.1) is 52.2 Å². The van der Waals surface area contributed by atoms with Crippen LogP contribution >= 0.6 is 11.8 Å². The van der Waals surface area contributed by atoms with E-state index >= 15 is 0 Å². The Hall–Kier alpha value is -2.41. The first kappa shape index (κ1) is 27.6. The van der Waals surface area contributed by atoms with Crippen molar-refractivity contribution in [1.29, 1.82) is 0 Å². The van der Waals surface area contributed by atoms with Crippen LogP contribution < -0.4 is 11.1 Å². The molecule has 0 unspecified atom stereocenters. The molecule has 32 heavy (non-hydrogen) atoms. The van der Waals surface area contributed by atoms with Crippen molar-refractivity contribution >= 4 is 35.4 Å². The average molecular weight is 472 g/mol. The Morgan fingerprint density at radius 1 is 0.906 bits per heavy atom. The van der Waals surface area contributed by atoms with Crippen LogP contribution in [0.1, 0.15) is 6.42 Å². The van der Waals surface area contributed by atoms with Gasteiger partial charge in [-0.3, -0.25) is 19.2 Å². The Labute approximate surface area is 192 Å². The Bertz CT molecular complexity index is 634. The lowest BCUT2D eigenvalue weighted by molar-refractivity contribution is -0.154. The summed E-state index contributed by atoms with van der Waals surface area (Å²) in [6.07, 6.45) is 2.45. The molecule has 12 heteroatoms. The Morgan fingerprint density at radius 3 is 2.03 bits per heavy atom. The van der Waals surface area contributed by atoms with Crippen LogP contribution in [0.3, 0.4) is 0 Å². The zero-order chi connectivity index (χ0) is 23.8. The monoisotopic (exact) mass is 471 g/mol. The maximum atomic E-state index is 12.5. The second kappa shape index (κ2) is 16.3. The number of hydrogen-bond donors (Lipinski definition) is 2. The quantitative estimate of drug-likeness (QED) is 0.229. The van der Waals surface area contributed by atoms with Crippen molar-refractivity contribution in [3.8, 4) is 0 Å². The summed E-state index contributed by atoms with van der Waals surface area (Å²) in [6, 6.07) is 0. The zero-order valence-corrected chi connectivity index (χ0v) is 19.1. The summed E-state index contributed by atoms with van der Waals surface area (Å²) >= 11 is 1.33. The summed E-state index contributed by atoms with van der Waals surface area (Å²) < 4.78 is 10.5. The molecule has 0 aromatic heterocycles. The lowest BCUT2D eigenvalue weighted by Crippen LogP contribution is -2.59. The van der Waals surface area contributed by atoms with Crippen LogP contribution in [0.15, 0.2) is 25.3 Å². The molecule has 0 spiro atoms. The van der Waals surface area contributed by atoms with Gasteiger partial charge < -0.3 is 35.2 Å². The molecule has 11 nitrogen and oxygen atoms in total. The highest BCUT2D eigenvalue weighted by Crippen LogP contribution is 2.12. The van der Waals surface area contributed by atoms with E-state index in [-0.39, 0.29) is 55.8 Å². The minimum Gasteiger partial charge on any atom is -0.378 e. The van der Waals surface area contributed by atoms with E-state index in [9.17, 15) is 19.2 Å². The van der Waals surface area contributed by atoms with Gasteiger partial charge in [-0.2, -0.15) is 11.8 Å². The maximum Gasteiger partial charge on any atom is 0.248 e. The van der Waals surface area contributed by atoms with Gasteiger partial charge in [0.2, 0.25) is 23.6 Å². The molecular formula is C20H33N5O6S. The summed E-state index contributed by atoms with van der Waals surface area (Å²) in [5.74, 6) is -0.456. The van der Waals surface area contributed by atoms with E-state index in [1.807, 2.05) is 0 Å². The van der Waals surface area contributed by atoms with E-state index < -0.39 is 0 Å². The standard InChI is InChI=1S/C20H33N5O6S/c1-3-18(27)23-14-24(19(28)4-2)16-25(15-23)20(29)5-12-32-13-17(26)22-7-9-31-11-10-30-8-6-21/h3-4H,1-2,5-16,21H2,(H,22,26). The number of rotatable bonds is 15. The number of nitrogens with two attached hydrogens (primary N) is 1. The lowest BCUT2D eigenvalue weighted by atomic mass is 10.3. The van der Waals surface area contributed by atoms with Crippen LogP contribution in [-0.2, 0) is 28.7 Å². The molecule has 0 aromatic rings. The van der Waals surface area contributed by atoms with Crippen molar-refractivity contribution < 1.29 is 28.7 Å². The van der Waals surface area contributed by atoms with E-state index in [0.29, 0.717) is 45.3 Å². The predicted molar refractivity (Wildman–Crippen MR) is 121 cm³/mol. The summed E-state index contributed by atoms with van der Waals surface area (Å²) in [4.78, 5) is 52.4. The van der Waals surface area contributed by atoms with Crippen molar-refractivity contribution in [2.24, 2.45) is 5.73 Å². The smallest absolute Gasteiger partial charge is 0.248 e. The van der Waals surface area contributed by atoms with E-state index in [1.165, 1.54) is 26.5 Å². The number of nitrogens with one attached hydrogen (secondary N) is 1. The largest absolute Gasteiger partial charge is 0.378 e. The molecule has 180 valence electrons. The fourth-order valence-corrected chi connectivity index (χ4v) is 3.40. The van der Waals surface area contributed by atoms with Crippen molar-refractivity contribution in [2.75, 3.05) is 71.0 Å². The van der Waals surface area contributed by atoms with Crippen LogP contribution in [0.2, 0.25) is 0 Å². The van der Waals surface area contributed by atoms with Gasteiger partial charge >= 0.3 is 0 Å². The minimum atomic E-state index is -0.373. The van der Waals surface area contributed by atoms with Gasteiger partial charge in [-0.15, -0.1) is 0 Å². The van der Waals surface area contributed by atoms with Crippen LogP contribution in [-0.4, -0.2) is 109 Å². The first-order valence-electron chi connectivity index (χ1n) is 10.2. The van der Waals surface area contributed by atoms with E-state index in [1.54, 1.807) is 0 Å². The van der Waals surface area contributed by atoms with Gasteiger partial charge in [0, 0.05) is 25.3 Å². The van der Waals surface area contributed by atoms with E-state index in [2.05, 4.69) is 18.5 Å². The maximum absolute atomic E-state index is 12.5. The molecule has 3 N–H and O–H groups in total. The average Bonchev–Trinajstić information content (AvgIpc) is 2.81. The molecule has 0 radical (unpaired) electrons.